The number of hydrogen-bond acceptors (Lipinski definition) is 16. The van der Waals surface area contributed by atoms with Gasteiger partial charge in [0.25, 0.3) is 0 Å². The lowest BCUT2D eigenvalue weighted by Gasteiger charge is -2.12. The number of aliphatic hydroxyl groups excluding tert-OH is 4. The van der Waals surface area contributed by atoms with E-state index in [1.165, 1.54) is 49.5 Å². The third kappa shape index (κ3) is 18.4. The number of aliphatic hydroxyl groups is 4. The van der Waals surface area contributed by atoms with Gasteiger partial charge in [0.15, 0.2) is 5.16 Å². The summed E-state index contributed by atoms with van der Waals surface area (Å²) in [6.45, 7) is 4.42. The van der Waals surface area contributed by atoms with E-state index in [2.05, 4.69) is 39.2 Å². The van der Waals surface area contributed by atoms with E-state index < -0.39 is 6.36 Å². The number of methoxy groups -OCH3 is 4. The lowest BCUT2D eigenvalue weighted by molar-refractivity contribution is -0.274. The van der Waals surface area contributed by atoms with Gasteiger partial charge in [0.1, 0.15) is 41.0 Å². The van der Waals surface area contributed by atoms with Crippen LogP contribution in [0.25, 0.3) is 88.1 Å². The van der Waals surface area contributed by atoms with Gasteiger partial charge in [0, 0.05) is 166 Å². The maximum absolute atomic E-state index is 14.6. The molecule has 0 unspecified atom stereocenters. The van der Waals surface area contributed by atoms with E-state index in [9.17, 15) is 42.4 Å². The second-order valence-electron chi connectivity index (χ2n) is 27.0. The molecule has 16 rings (SSSR count). The molecule has 0 saturated carbocycles. The average Bonchev–Trinajstić information content (AvgIpc) is 1.62. The Hall–Kier alpha value is -12.2. The fourth-order valence-corrected chi connectivity index (χ4v) is 15.2. The van der Waals surface area contributed by atoms with Crippen LogP contribution in [0.2, 0.25) is 10.0 Å². The van der Waals surface area contributed by atoms with Crippen molar-refractivity contribution < 1.29 is 66.1 Å². The lowest BCUT2D eigenvalue weighted by atomic mass is 10.0. The summed E-state index contributed by atoms with van der Waals surface area (Å²) in [5.41, 5.74) is 17.3. The zero-order valence-electron chi connectivity index (χ0n) is 64.5. The number of benzene rings is 8. The van der Waals surface area contributed by atoms with E-state index in [1.54, 1.807) is 107 Å². The zero-order valence-corrected chi connectivity index (χ0v) is 66.8. The minimum Gasteiger partial charge on any atom is -0.497 e. The smallest absolute Gasteiger partial charge is 0.497 e. The van der Waals surface area contributed by atoms with Crippen molar-refractivity contribution in [2.45, 2.75) is 78.0 Å². The molecular formula is C90H79Cl2F5N10O9S. The molecule has 27 heteroatoms. The highest BCUT2D eigenvalue weighted by Gasteiger charge is 2.32. The maximum atomic E-state index is 14.6. The molecule has 0 bridgehead atoms. The van der Waals surface area contributed by atoms with Gasteiger partial charge in [-0.3, -0.25) is 4.98 Å². The first-order valence-electron chi connectivity index (χ1n) is 36.6. The van der Waals surface area contributed by atoms with Gasteiger partial charge in [0.2, 0.25) is 5.88 Å². The van der Waals surface area contributed by atoms with Gasteiger partial charge in [-0.1, -0.05) is 89.6 Å². The van der Waals surface area contributed by atoms with E-state index >= 15 is 0 Å². The van der Waals surface area contributed by atoms with E-state index in [0.29, 0.717) is 109 Å². The second kappa shape index (κ2) is 37.2. The Labute approximate surface area is 684 Å². The monoisotopic (exact) mass is 1640 g/mol. The standard InChI is InChI=1S/C23H18ClF3N2O3.C23H22FN3O2S.C22H19ClN2O2.C22H20FN3O2/c1-31-21-8-5-15(11-28-21)22-18-10-17(32-23(25,26)27)6-7-19(18)29(20(22)13-30)12-14-3-2-4-16(24)9-14;1-14-4-5-15(19(24)8-14)12-27-20-7-6-17(29-2)9-18(20)22(21(27)13-28)16-10-25-23(30-3)26-11-16;1-27-17-6-7-20-18(12-17)22(15-8-10-24-11-9-15)21(14-26)25(20)13-16-4-2-3-5-19(16)23;1-14-3-4-15(19(23)7-14)11-26-20-6-5-17(28-2)8-18(20)22(21(26)12-27)16-9-24-13-25-10-16/h2-11,30H,12-13H2,1H3;4-11,28H,12-13H2,1-3H3;2-12,26H,13-14H2,1H3;3-10,13,27H,11-12H2,1-2H3. The Balaban J connectivity index is 0.000000136. The van der Waals surface area contributed by atoms with Crippen molar-refractivity contribution in [1.29, 1.82) is 0 Å². The van der Waals surface area contributed by atoms with Crippen molar-refractivity contribution in [3.63, 3.8) is 0 Å². The van der Waals surface area contributed by atoms with Crippen molar-refractivity contribution in [3.05, 3.63) is 310 Å². The van der Waals surface area contributed by atoms with Crippen LogP contribution < -0.4 is 23.7 Å². The van der Waals surface area contributed by atoms with E-state index in [1.807, 2.05) is 149 Å². The number of halogens is 7. The van der Waals surface area contributed by atoms with Crippen LogP contribution >= 0.6 is 35.0 Å². The first kappa shape index (κ1) is 82.8. The number of hydrogen-bond donors (Lipinski definition) is 4. The molecule has 16 aromatic rings. The van der Waals surface area contributed by atoms with Crippen LogP contribution in [-0.2, 0) is 52.6 Å². The van der Waals surface area contributed by atoms with Crippen LogP contribution in [0.5, 0.6) is 28.9 Å². The summed E-state index contributed by atoms with van der Waals surface area (Å²) in [6.07, 6.45) is 10.5. The number of fused-ring (bicyclic) bond motifs is 4. The van der Waals surface area contributed by atoms with Gasteiger partial charge in [-0.25, -0.2) is 33.7 Å². The summed E-state index contributed by atoms with van der Waals surface area (Å²) in [7, 11) is 6.36. The molecule has 0 radical (unpaired) electrons. The Morgan fingerprint density at radius 3 is 1.27 bits per heavy atom. The molecule has 0 atom stereocenters. The number of thioether (sulfide) groups is 1. The summed E-state index contributed by atoms with van der Waals surface area (Å²) in [5, 5.41) is 46.2. The molecule has 0 aliphatic rings. The number of ether oxygens (including phenoxy) is 5. The van der Waals surface area contributed by atoms with Gasteiger partial charge in [0.05, 0.1) is 90.7 Å². The SMILES string of the molecule is COc1ccc(-c2c(CO)n(Cc3cccc(Cl)c3)c3ccc(OC(F)(F)F)cc23)cn1.COc1ccc2c(c1)c(-c1ccncc1)c(CO)n2Cc1ccccc1Cl.COc1ccc2c(c1)c(-c1cnc(SC)nc1)c(CO)n2Cc1ccc(C)cc1F.COc1ccc2c(c1)c(-c1cncnc1)c(CO)n2Cc1ccc(C)cc1F. The number of aryl methyl sites for hydroxylation is 2. The molecule has 598 valence electrons. The average molecular weight is 1640 g/mol. The highest BCUT2D eigenvalue weighted by Crippen LogP contribution is 2.43. The fraction of sp³-hybridized carbons (Fsp3) is 0.178. The molecule has 19 nitrogen and oxygen atoms in total. The van der Waals surface area contributed by atoms with Crippen molar-refractivity contribution in [2.75, 3.05) is 34.7 Å². The molecule has 0 spiro atoms. The largest absolute Gasteiger partial charge is 0.573 e. The summed E-state index contributed by atoms with van der Waals surface area (Å²) in [5.74, 6) is 1.70. The van der Waals surface area contributed by atoms with Crippen LogP contribution in [0.3, 0.4) is 0 Å². The Kier molecular flexibility index (Phi) is 26.3. The molecule has 0 amide bonds. The quantitative estimate of drug-likeness (QED) is 0.0281. The van der Waals surface area contributed by atoms with Crippen molar-refractivity contribution in [3.8, 4) is 73.4 Å². The van der Waals surface area contributed by atoms with E-state index in [4.69, 9.17) is 42.1 Å². The highest BCUT2D eigenvalue weighted by atomic mass is 35.5. The number of rotatable bonds is 22. The van der Waals surface area contributed by atoms with Crippen LogP contribution in [0, 0.1) is 25.5 Å². The fourth-order valence-electron chi connectivity index (χ4n) is 14.5. The van der Waals surface area contributed by atoms with E-state index in [-0.39, 0.29) is 43.8 Å². The van der Waals surface area contributed by atoms with Gasteiger partial charge in [-0.15, -0.1) is 13.2 Å². The Bertz CT molecular complexity index is 6190. The normalized spacial score (nSPS) is 11.3. The molecule has 8 heterocycles. The predicted molar refractivity (Wildman–Crippen MR) is 446 cm³/mol. The predicted octanol–water partition coefficient (Wildman–Crippen LogP) is 19.6. The van der Waals surface area contributed by atoms with E-state index in [0.717, 1.165) is 99.8 Å². The number of pyridine rings is 2. The molecule has 8 aromatic heterocycles. The Morgan fingerprint density at radius 2 is 0.846 bits per heavy atom. The van der Waals surface area contributed by atoms with Crippen molar-refractivity contribution in [2.24, 2.45) is 0 Å². The molecule has 0 aliphatic heterocycles. The molecule has 4 N–H and O–H groups in total. The van der Waals surface area contributed by atoms with Crippen LogP contribution in [0.4, 0.5) is 22.0 Å². The third-order valence-electron chi connectivity index (χ3n) is 19.9. The molecular weight excluding hydrogens is 1560 g/mol. The Morgan fingerprint density at radius 1 is 0.410 bits per heavy atom. The zero-order chi connectivity index (χ0) is 82.6. The molecule has 0 fully saturated rings. The minimum atomic E-state index is -4.82. The highest BCUT2D eigenvalue weighted by molar-refractivity contribution is 7.98. The van der Waals surface area contributed by atoms with Gasteiger partial charge >= 0.3 is 6.36 Å². The summed E-state index contributed by atoms with van der Waals surface area (Å²) in [6, 6.07) is 54.2. The molecule has 0 aliphatic carbocycles. The van der Waals surface area contributed by atoms with Crippen LogP contribution in [-0.4, -0.2) is 110 Å². The number of nitrogens with zero attached hydrogens (tertiary/aromatic N) is 10. The van der Waals surface area contributed by atoms with Crippen LogP contribution in [0.15, 0.2) is 237 Å². The number of alkyl halides is 3. The first-order chi connectivity index (χ1) is 56.7. The third-order valence-corrected chi connectivity index (χ3v) is 21.0. The summed E-state index contributed by atoms with van der Waals surface area (Å²) < 4.78 is 101. The minimum absolute atomic E-state index is 0.0842. The van der Waals surface area contributed by atoms with Gasteiger partial charge in [-0.05, 0) is 169 Å². The molecule has 8 aromatic carbocycles. The number of aromatic nitrogens is 10. The molecule has 117 heavy (non-hydrogen) atoms. The molecule has 0 saturated heterocycles. The summed E-state index contributed by atoms with van der Waals surface area (Å²) >= 11 is 14.0. The maximum Gasteiger partial charge on any atom is 0.573 e. The van der Waals surface area contributed by atoms with Crippen molar-refractivity contribution in [1.82, 2.24) is 48.2 Å². The summed E-state index contributed by atoms with van der Waals surface area (Å²) in [4.78, 5) is 25.3. The van der Waals surface area contributed by atoms with Gasteiger partial charge in [-0.2, -0.15) is 0 Å². The second-order valence-corrected chi connectivity index (χ2v) is 28.6. The van der Waals surface area contributed by atoms with Crippen LogP contribution in [0.1, 0.15) is 56.2 Å². The topological polar surface area (TPSA) is 224 Å². The van der Waals surface area contributed by atoms with Crippen molar-refractivity contribution >= 4 is 78.6 Å². The first-order valence-corrected chi connectivity index (χ1v) is 38.6. The van der Waals surface area contributed by atoms with Gasteiger partial charge < -0.3 is 62.4 Å². The lowest BCUT2D eigenvalue weighted by Crippen LogP contribution is -2.17.